The molecule has 7 heteroatoms. The Morgan fingerprint density at radius 1 is 1.12 bits per heavy atom. The van der Waals surface area contributed by atoms with Crippen molar-refractivity contribution in [3.63, 3.8) is 0 Å². The molecule has 7 nitrogen and oxygen atoms in total. The fourth-order valence-corrected chi connectivity index (χ4v) is 2.18. The highest BCUT2D eigenvalue weighted by molar-refractivity contribution is 5.97. The van der Waals surface area contributed by atoms with E-state index in [1.807, 2.05) is 0 Å². The molecule has 2 aromatic rings. The van der Waals surface area contributed by atoms with Crippen LogP contribution >= 0.6 is 0 Å². The maximum atomic E-state index is 12.5. The summed E-state index contributed by atoms with van der Waals surface area (Å²) in [5.41, 5.74) is -0.353. The molecule has 2 N–H and O–H groups in total. The van der Waals surface area contributed by atoms with Gasteiger partial charge in [-0.3, -0.25) is 9.78 Å². The van der Waals surface area contributed by atoms with E-state index in [2.05, 4.69) is 10.3 Å². The van der Waals surface area contributed by atoms with Gasteiger partial charge in [-0.1, -0.05) is 30.3 Å². The zero-order valence-electron chi connectivity index (χ0n) is 14.7. The number of hydrogen-bond donors (Lipinski definition) is 2. The number of carbonyl (C=O) groups is 3. The molecule has 1 atom stereocenters. The predicted octanol–water partition coefficient (Wildman–Crippen LogP) is 2.59. The second kappa shape index (κ2) is 7.77. The fourth-order valence-electron chi connectivity index (χ4n) is 2.18. The lowest BCUT2D eigenvalue weighted by Crippen LogP contribution is -2.38. The van der Waals surface area contributed by atoms with E-state index >= 15 is 0 Å². The number of aromatic nitrogens is 1. The molecule has 0 fully saturated rings. The van der Waals surface area contributed by atoms with Gasteiger partial charge in [0.15, 0.2) is 6.04 Å². The molecule has 0 saturated carbocycles. The van der Waals surface area contributed by atoms with Gasteiger partial charge in [0.1, 0.15) is 11.3 Å². The first kappa shape index (κ1) is 19.1. The van der Waals surface area contributed by atoms with Crippen molar-refractivity contribution in [2.45, 2.75) is 32.4 Å². The number of nitrogens with zero attached hydrogens (tertiary/aromatic N) is 1. The van der Waals surface area contributed by atoms with Crippen LogP contribution in [0.15, 0.2) is 48.7 Å². The molecular weight excluding hydrogens is 336 g/mol. The number of benzene rings is 1. The van der Waals surface area contributed by atoms with Crippen molar-refractivity contribution >= 4 is 17.8 Å². The summed E-state index contributed by atoms with van der Waals surface area (Å²) in [5, 5.41) is 11.6. The maximum Gasteiger partial charge on any atom is 0.335 e. The van der Waals surface area contributed by atoms with Gasteiger partial charge in [0, 0.05) is 6.20 Å². The van der Waals surface area contributed by atoms with Crippen LogP contribution in [-0.4, -0.2) is 33.5 Å². The molecule has 1 aromatic heterocycles. The Morgan fingerprint density at radius 3 is 2.35 bits per heavy atom. The Hall–Kier alpha value is -3.22. The van der Waals surface area contributed by atoms with E-state index in [-0.39, 0.29) is 11.3 Å². The number of esters is 1. The van der Waals surface area contributed by atoms with Crippen molar-refractivity contribution in [2.24, 2.45) is 0 Å². The van der Waals surface area contributed by atoms with Crippen molar-refractivity contribution in [1.82, 2.24) is 10.3 Å². The van der Waals surface area contributed by atoms with E-state index in [1.54, 1.807) is 51.1 Å². The Labute approximate surface area is 151 Å². The van der Waals surface area contributed by atoms with Crippen LogP contribution in [0, 0.1) is 0 Å². The van der Waals surface area contributed by atoms with Crippen LogP contribution in [0.4, 0.5) is 0 Å². The maximum absolute atomic E-state index is 12.5. The van der Waals surface area contributed by atoms with E-state index in [9.17, 15) is 14.4 Å². The molecule has 0 aliphatic carbocycles. The highest BCUT2D eigenvalue weighted by Gasteiger charge is 2.28. The molecule has 1 amide bonds. The third-order valence-electron chi connectivity index (χ3n) is 3.29. The molecule has 0 aliphatic heterocycles. The molecule has 26 heavy (non-hydrogen) atoms. The lowest BCUT2D eigenvalue weighted by molar-refractivity contribution is -0.157. The Balaban J connectivity index is 2.29. The van der Waals surface area contributed by atoms with Crippen LogP contribution in [-0.2, 0) is 9.53 Å². The lowest BCUT2D eigenvalue weighted by atomic mass is 10.1. The molecule has 0 spiro atoms. The summed E-state index contributed by atoms with van der Waals surface area (Å²) in [6.45, 7) is 5.19. The number of ether oxygens (including phenoxy) is 1. The summed E-state index contributed by atoms with van der Waals surface area (Å²) in [4.78, 5) is 40.0. The van der Waals surface area contributed by atoms with Crippen molar-refractivity contribution in [1.29, 1.82) is 0 Å². The number of aromatic carboxylic acids is 1. The largest absolute Gasteiger partial charge is 0.478 e. The van der Waals surface area contributed by atoms with Crippen LogP contribution in [0.1, 0.15) is 53.2 Å². The van der Waals surface area contributed by atoms with E-state index in [0.717, 1.165) is 6.07 Å². The lowest BCUT2D eigenvalue weighted by Gasteiger charge is -2.24. The Morgan fingerprint density at radius 2 is 1.77 bits per heavy atom. The normalized spacial score (nSPS) is 12.1. The Kier molecular flexibility index (Phi) is 5.71. The number of hydrogen-bond acceptors (Lipinski definition) is 5. The topological polar surface area (TPSA) is 106 Å². The third kappa shape index (κ3) is 5.14. The summed E-state index contributed by atoms with van der Waals surface area (Å²) in [7, 11) is 0. The minimum Gasteiger partial charge on any atom is -0.478 e. The standard InChI is InChI=1S/C19H20N2O5/c1-19(2,3)26-18(25)15(12-7-5-4-6-8-12)21-16(22)14-11-13(17(23)24)9-10-20-14/h4-11,15H,1-3H3,(H,21,22)(H,23,24)/t15-/m0/s1. The number of carboxylic acid groups (broad SMARTS) is 1. The average molecular weight is 356 g/mol. The predicted molar refractivity (Wildman–Crippen MR) is 93.7 cm³/mol. The van der Waals surface area contributed by atoms with Crippen molar-refractivity contribution in [3.8, 4) is 0 Å². The van der Waals surface area contributed by atoms with Crippen molar-refractivity contribution < 1.29 is 24.2 Å². The quantitative estimate of drug-likeness (QED) is 0.798. The number of carbonyl (C=O) groups excluding carboxylic acids is 2. The molecule has 2 rings (SSSR count). The van der Waals surface area contributed by atoms with Gasteiger partial charge in [0.25, 0.3) is 5.91 Å². The van der Waals surface area contributed by atoms with Crippen LogP contribution < -0.4 is 5.32 Å². The molecule has 136 valence electrons. The van der Waals surface area contributed by atoms with Crippen molar-refractivity contribution in [2.75, 3.05) is 0 Å². The molecule has 0 unspecified atom stereocenters. The van der Waals surface area contributed by atoms with Gasteiger partial charge < -0.3 is 15.2 Å². The summed E-state index contributed by atoms with van der Waals surface area (Å²) in [6.07, 6.45) is 1.23. The summed E-state index contributed by atoms with van der Waals surface area (Å²) >= 11 is 0. The minimum atomic E-state index is -1.17. The van der Waals surface area contributed by atoms with E-state index < -0.39 is 29.5 Å². The number of carboxylic acids is 1. The zero-order chi connectivity index (χ0) is 19.3. The van der Waals surface area contributed by atoms with Crippen LogP contribution in [0.2, 0.25) is 0 Å². The number of pyridine rings is 1. The zero-order valence-corrected chi connectivity index (χ0v) is 14.7. The molecule has 1 heterocycles. The first-order valence-corrected chi connectivity index (χ1v) is 7.95. The van der Waals surface area contributed by atoms with Gasteiger partial charge in [-0.25, -0.2) is 9.59 Å². The summed E-state index contributed by atoms with van der Waals surface area (Å²) < 4.78 is 5.38. The van der Waals surface area contributed by atoms with E-state index in [1.165, 1.54) is 12.3 Å². The monoisotopic (exact) mass is 356 g/mol. The molecule has 0 saturated heterocycles. The second-order valence-electron chi connectivity index (χ2n) is 6.59. The summed E-state index contributed by atoms with van der Waals surface area (Å²) in [5.74, 6) is -2.47. The first-order chi connectivity index (χ1) is 12.2. The van der Waals surface area contributed by atoms with Crippen LogP contribution in [0.5, 0.6) is 0 Å². The second-order valence-corrected chi connectivity index (χ2v) is 6.59. The molecule has 1 aromatic carbocycles. The van der Waals surface area contributed by atoms with Crippen LogP contribution in [0.3, 0.4) is 0 Å². The van der Waals surface area contributed by atoms with Gasteiger partial charge >= 0.3 is 11.9 Å². The Bertz CT molecular complexity index is 812. The van der Waals surface area contributed by atoms with Gasteiger partial charge in [-0.05, 0) is 38.5 Å². The third-order valence-corrected chi connectivity index (χ3v) is 3.29. The number of nitrogens with one attached hydrogen (secondary N) is 1. The minimum absolute atomic E-state index is 0.0707. The first-order valence-electron chi connectivity index (χ1n) is 7.95. The van der Waals surface area contributed by atoms with Crippen LogP contribution in [0.25, 0.3) is 0 Å². The van der Waals surface area contributed by atoms with E-state index in [4.69, 9.17) is 9.84 Å². The summed E-state index contributed by atoms with van der Waals surface area (Å²) in [6, 6.07) is 10.0. The highest BCUT2D eigenvalue weighted by Crippen LogP contribution is 2.19. The van der Waals surface area contributed by atoms with E-state index in [0.29, 0.717) is 5.56 Å². The molecular formula is C19H20N2O5. The van der Waals surface area contributed by atoms with Gasteiger partial charge in [0.05, 0.1) is 5.56 Å². The molecule has 0 bridgehead atoms. The van der Waals surface area contributed by atoms with Gasteiger partial charge in [-0.2, -0.15) is 0 Å². The fraction of sp³-hybridized carbons (Fsp3) is 0.263. The average Bonchev–Trinajstić information content (AvgIpc) is 2.58. The van der Waals surface area contributed by atoms with Crippen molar-refractivity contribution in [3.05, 3.63) is 65.5 Å². The smallest absolute Gasteiger partial charge is 0.335 e. The van der Waals surface area contributed by atoms with Gasteiger partial charge in [-0.15, -0.1) is 0 Å². The van der Waals surface area contributed by atoms with Gasteiger partial charge in [0.2, 0.25) is 0 Å². The molecule has 0 aliphatic rings. The highest BCUT2D eigenvalue weighted by atomic mass is 16.6. The number of amides is 1. The number of rotatable bonds is 5. The SMILES string of the molecule is CC(C)(C)OC(=O)[C@@H](NC(=O)c1cc(C(=O)O)ccn1)c1ccccc1. The molecule has 0 radical (unpaired) electrons.